The number of hydrogen-bond donors (Lipinski definition) is 1. The Hall–Kier alpha value is -1.05. The minimum Gasteiger partial charge on any atom is -0.477 e. The summed E-state index contributed by atoms with van der Waals surface area (Å²) in [4.78, 5) is 15.5. The van der Waals surface area contributed by atoms with Crippen LogP contribution in [0.5, 0.6) is 0 Å². The molecule has 2 aromatic heterocycles. The van der Waals surface area contributed by atoms with E-state index in [-0.39, 0.29) is 4.88 Å². The van der Waals surface area contributed by atoms with E-state index in [4.69, 9.17) is 16.7 Å². The number of thioether (sulfide) groups is 1. The van der Waals surface area contributed by atoms with Crippen LogP contribution in [-0.2, 0) is 12.8 Å². The van der Waals surface area contributed by atoms with E-state index < -0.39 is 5.97 Å². The second-order valence-corrected chi connectivity index (χ2v) is 6.56. The molecule has 0 aliphatic rings. The third-order valence-corrected chi connectivity index (χ3v) is 5.36. The summed E-state index contributed by atoms with van der Waals surface area (Å²) in [7, 11) is 1.84. The Morgan fingerprint density at radius 3 is 2.63 bits per heavy atom. The van der Waals surface area contributed by atoms with Crippen LogP contribution in [0.3, 0.4) is 0 Å². The van der Waals surface area contributed by atoms with Gasteiger partial charge in [0.1, 0.15) is 4.88 Å². The SMILES string of the molecule is Cc1nc(SCc2c(Cl)c(C)nn2C)sc1C(=O)O. The molecule has 0 aliphatic carbocycles. The predicted octanol–water partition coefficient (Wildman–Crippen LogP) is 3.14. The van der Waals surface area contributed by atoms with Gasteiger partial charge in [0.2, 0.25) is 0 Å². The molecule has 1 N–H and O–H groups in total. The molecule has 0 fully saturated rings. The van der Waals surface area contributed by atoms with Gasteiger partial charge in [-0.1, -0.05) is 23.4 Å². The molecule has 0 saturated heterocycles. The zero-order valence-corrected chi connectivity index (χ0v) is 13.0. The van der Waals surface area contributed by atoms with Crippen LogP contribution in [0, 0.1) is 13.8 Å². The molecule has 0 spiro atoms. The number of hydrogen-bond acceptors (Lipinski definition) is 5. The highest BCUT2D eigenvalue weighted by molar-refractivity contribution is 8.00. The van der Waals surface area contributed by atoms with Gasteiger partial charge in [-0.25, -0.2) is 9.78 Å². The lowest BCUT2D eigenvalue weighted by atomic mass is 10.4. The van der Waals surface area contributed by atoms with Crippen molar-refractivity contribution in [3.8, 4) is 0 Å². The normalized spacial score (nSPS) is 10.9. The average molecular weight is 318 g/mol. The number of carboxylic acids is 1. The molecule has 5 nitrogen and oxygen atoms in total. The summed E-state index contributed by atoms with van der Waals surface area (Å²) in [6.07, 6.45) is 0. The Bertz CT molecular complexity index is 636. The Labute approximate surface area is 123 Å². The molecule has 0 bridgehead atoms. The largest absolute Gasteiger partial charge is 0.477 e. The van der Waals surface area contributed by atoms with Crippen molar-refractivity contribution >= 4 is 40.7 Å². The first-order valence-corrected chi connectivity index (χ1v) is 7.59. The van der Waals surface area contributed by atoms with E-state index in [1.807, 2.05) is 14.0 Å². The van der Waals surface area contributed by atoms with Gasteiger partial charge in [0.25, 0.3) is 0 Å². The number of aromatic carboxylic acids is 1. The number of thiazole rings is 1. The minimum absolute atomic E-state index is 0.287. The molecule has 0 radical (unpaired) electrons. The Balaban J connectivity index is 2.15. The first-order valence-electron chi connectivity index (χ1n) is 5.41. The van der Waals surface area contributed by atoms with Crippen molar-refractivity contribution < 1.29 is 9.90 Å². The fourth-order valence-corrected chi connectivity index (χ4v) is 4.00. The highest BCUT2D eigenvalue weighted by Crippen LogP contribution is 2.32. The number of rotatable bonds is 4. The molecule has 0 aliphatic heterocycles. The van der Waals surface area contributed by atoms with Gasteiger partial charge in [0.15, 0.2) is 4.34 Å². The average Bonchev–Trinajstić information content (AvgIpc) is 2.80. The Morgan fingerprint density at radius 1 is 1.47 bits per heavy atom. The van der Waals surface area contributed by atoms with Crippen molar-refractivity contribution in [3.63, 3.8) is 0 Å². The van der Waals surface area contributed by atoms with Crippen LogP contribution < -0.4 is 0 Å². The molecule has 0 aromatic carbocycles. The van der Waals surface area contributed by atoms with Crippen molar-refractivity contribution in [2.75, 3.05) is 0 Å². The molecule has 2 rings (SSSR count). The molecular formula is C11H12ClN3O2S2. The highest BCUT2D eigenvalue weighted by Gasteiger charge is 2.16. The van der Waals surface area contributed by atoms with E-state index in [9.17, 15) is 4.79 Å². The van der Waals surface area contributed by atoms with Crippen molar-refractivity contribution in [2.24, 2.45) is 7.05 Å². The summed E-state index contributed by atoms with van der Waals surface area (Å²) in [5.74, 6) is -0.321. The maximum Gasteiger partial charge on any atom is 0.347 e. The van der Waals surface area contributed by atoms with Gasteiger partial charge in [-0.15, -0.1) is 11.3 Å². The standard InChI is InChI=1S/C11H12ClN3O2S2/c1-5-8(12)7(15(3)14-5)4-18-11-13-6(2)9(19-11)10(16)17/h4H2,1-3H3,(H,16,17). The molecule has 0 amide bonds. The molecule has 0 unspecified atom stereocenters. The third-order valence-electron chi connectivity index (χ3n) is 2.57. The molecule has 8 heteroatoms. The fourth-order valence-electron chi connectivity index (χ4n) is 1.60. The summed E-state index contributed by atoms with van der Waals surface area (Å²) in [5.41, 5.74) is 2.25. The molecule has 2 aromatic rings. The van der Waals surface area contributed by atoms with Gasteiger partial charge in [0, 0.05) is 12.8 Å². The van der Waals surface area contributed by atoms with Crippen LogP contribution in [0.25, 0.3) is 0 Å². The smallest absolute Gasteiger partial charge is 0.347 e. The number of halogens is 1. The molecule has 102 valence electrons. The molecule has 0 atom stereocenters. The number of nitrogens with zero attached hydrogens (tertiary/aromatic N) is 3. The molecule has 2 heterocycles. The number of aromatic nitrogens is 3. The van der Waals surface area contributed by atoms with Crippen molar-refractivity contribution in [2.45, 2.75) is 23.9 Å². The van der Waals surface area contributed by atoms with Crippen molar-refractivity contribution in [3.05, 3.63) is 27.0 Å². The Morgan fingerprint density at radius 2 is 2.16 bits per heavy atom. The van der Waals surface area contributed by atoms with Gasteiger partial charge in [0.05, 0.1) is 22.1 Å². The summed E-state index contributed by atoms with van der Waals surface area (Å²) < 4.78 is 2.47. The van der Waals surface area contributed by atoms with Crippen LogP contribution in [0.4, 0.5) is 0 Å². The van der Waals surface area contributed by atoms with E-state index in [1.165, 1.54) is 23.1 Å². The van der Waals surface area contributed by atoms with Gasteiger partial charge in [-0.3, -0.25) is 4.68 Å². The zero-order valence-electron chi connectivity index (χ0n) is 10.6. The van der Waals surface area contributed by atoms with E-state index >= 15 is 0 Å². The monoisotopic (exact) mass is 317 g/mol. The first-order chi connectivity index (χ1) is 8.90. The van der Waals surface area contributed by atoms with Crippen LogP contribution >= 0.6 is 34.7 Å². The van der Waals surface area contributed by atoms with Crippen molar-refractivity contribution in [1.29, 1.82) is 0 Å². The van der Waals surface area contributed by atoms with Gasteiger partial charge >= 0.3 is 5.97 Å². The highest BCUT2D eigenvalue weighted by atomic mass is 35.5. The van der Waals surface area contributed by atoms with E-state index in [0.717, 1.165) is 15.7 Å². The number of carboxylic acid groups (broad SMARTS) is 1. The lowest BCUT2D eigenvalue weighted by Gasteiger charge is -2.00. The predicted molar refractivity (Wildman–Crippen MR) is 76.3 cm³/mol. The minimum atomic E-state index is -0.934. The van der Waals surface area contributed by atoms with E-state index in [2.05, 4.69) is 10.1 Å². The van der Waals surface area contributed by atoms with Crippen LogP contribution in [0.1, 0.15) is 26.8 Å². The summed E-state index contributed by atoms with van der Waals surface area (Å²) >= 11 is 8.81. The molecular weight excluding hydrogens is 306 g/mol. The Kier molecular flexibility index (Phi) is 4.17. The van der Waals surface area contributed by atoms with Gasteiger partial charge in [-0.05, 0) is 13.8 Å². The maximum absolute atomic E-state index is 10.9. The quantitative estimate of drug-likeness (QED) is 0.877. The third kappa shape index (κ3) is 2.93. The fraction of sp³-hybridized carbons (Fsp3) is 0.364. The van der Waals surface area contributed by atoms with Crippen LogP contribution in [0.15, 0.2) is 4.34 Å². The van der Waals surface area contributed by atoms with Crippen molar-refractivity contribution in [1.82, 2.24) is 14.8 Å². The maximum atomic E-state index is 10.9. The summed E-state index contributed by atoms with van der Waals surface area (Å²) in [5, 5.41) is 13.9. The second-order valence-electron chi connectivity index (χ2n) is 3.96. The van der Waals surface area contributed by atoms with E-state index in [0.29, 0.717) is 16.5 Å². The lowest BCUT2D eigenvalue weighted by molar-refractivity contribution is 0.0701. The number of aryl methyl sites for hydroxylation is 3. The number of carbonyl (C=O) groups is 1. The van der Waals surface area contributed by atoms with Crippen LogP contribution in [-0.4, -0.2) is 25.8 Å². The second kappa shape index (κ2) is 5.52. The topological polar surface area (TPSA) is 68.0 Å². The van der Waals surface area contributed by atoms with Gasteiger partial charge < -0.3 is 5.11 Å². The summed E-state index contributed by atoms with van der Waals surface area (Å²) in [6.45, 7) is 3.55. The van der Waals surface area contributed by atoms with E-state index in [1.54, 1.807) is 11.6 Å². The van der Waals surface area contributed by atoms with Crippen LogP contribution in [0.2, 0.25) is 5.02 Å². The molecule has 0 saturated carbocycles. The zero-order chi connectivity index (χ0) is 14.2. The first kappa shape index (κ1) is 14.4. The van der Waals surface area contributed by atoms with Gasteiger partial charge in [-0.2, -0.15) is 5.10 Å². The molecule has 19 heavy (non-hydrogen) atoms. The summed E-state index contributed by atoms with van der Waals surface area (Å²) in [6, 6.07) is 0. The lowest BCUT2D eigenvalue weighted by Crippen LogP contribution is -1.96.